The Kier molecular flexibility index (Phi) is 6.01. The number of urea groups is 1. The van der Waals surface area contributed by atoms with E-state index in [9.17, 15) is 13.6 Å². The standard InChI is InChI=1S/C12H16F2N2O3/c1-19-10-4-2-9(3-5-10)15-12(18)16(6-7-17)8-11(13)14/h2-5,11,17H,6-8H2,1H3,(H,15,18). The molecule has 0 spiro atoms. The number of alkyl halides is 2. The first-order valence-electron chi connectivity index (χ1n) is 5.65. The van der Waals surface area contributed by atoms with Crippen molar-refractivity contribution < 1.29 is 23.4 Å². The van der Waals surface area contributed by atoms with Gasteiger partial charge in [-0.3, -0.25) is 0 Å². The molecule has 0 aromatic heterocycles. The third kappa shape index (κ3) is 5.09. The number of amides is 2. The first kappa shape index (κ1) is 15.2. The van der Waals surface area contributed by atoms with Crippen LogP contribution in [0.3, 0.4) is 0 Å². The number of ether oxygens (including phenoxy) is 1. The Morgan fingerprint density at radius 2 is 2.05 bits per heavy atom. The number of anilines is 1. The third-order valence-corrected chi connectivity index (χ3v) is 2.36. The summed E-state index contributed by atoms with van der Waals surface area (Å²) >= 11 is 0. The molecule has 1 rings (SSSR count). The number of nitrogens with one attached hydrogen (secondary N) is 1. The SMILES string of the molecule is COc1ccc(NC(=O)N(CCO)CC(F)F)cc1. The molecule has 2 N–H and O–H groups in total. The van der Waals surface area contributed by atoms with E-state index >= 15 is 0 Å². The van der Waals surface area contributed by atoms with E-state index in [2.05, 4.69) is 5.32 Å². The minimum atomic E-state index is -2.65. The average molecular weight is 274 g/mol. The molecular formula is C12H16F2N2O3. The molecule has 1 aromatic rings. The Labute approximate surface area is 109 Å². The molecule has 0 aliphatic heterocycles. The Hall–Kier alpha value is -1.89. The van der Waals surface area contributed by atoms with Crippen molar-refractivity contribution in [2.45, 2.75) is 6.43 Å². The molecule has 0 saturated heterocycles. The molecule has 1 aromatic carbocycles. The number of methoxy groups -OCH3 is 1. The van der Waals surface area contributed by atoms with Crippen LogP contribution in [0.5, 0.6) is 5.75 Å². The van der Waals surface area contributed by atoms with E-state index in [4.69, 9.17) is 9.84 Å². The molecule has 0 heterocycles. The molecule has 106 valence electrons. The molecule has 5 nitrogen and oxygen atoms in total. The van der Waals surface area contributed by atoms with E-state index in [0.29, 0.717) is 11.4 Å². The van der Waals surface area contributed by atoms with Crippen LogP contribution in [-0.4, -0.2) is 49.3 Å². The summed E-state index contributed by atoms with van der Waals surface area (Å²) in [7, 11) is 1.51. The Morgan fingerprint density at radius 3 is 2.53 bits per heavy atom. The number of hydrogen-bond donors (Lipinski definition) is 2. The van der Waals surface area contributed by atoms with Gasteiger partial charge in [0.05, 0.1) is 20.3 Å². The van der Waals surface area contributed by atoms with Gasteiger partial charge in [-0.1, -0.05) is 0 Å². The molecule has 0 unspecified atom stereocenters. The molecule has 0 atom stereocenters. The number of aliphatic hydroxyl groups excluding tert-OH is 1. The van der Waals surface area contributed by atoms with E-state index in [1.807, 2.05) is 0 Å². The number of nitrogens with zero attached hydrogens (tertiary/aromatic N) is 1. The number of hydrogen-bond acceptors (Lipinski definition) is 3. The smallest absolute Gasteiger partial charge is 0.322 e. The topological polar surface area (TPSA) is 61.8 Å². The number of carbonyl (C=O) groups is 1. The van der Waals surface area contributed by atoms with Gasteiger partial charge in [0.1, 0.15) is 5.75 Å². The number of halogens is 2. The molecule has 0 saturated carbocycles. The summed E-state index contributed by atoms with van der Waals surface area (Å²) in [4.78, 5) is 12.6. The van der Waals surface area contributed by atoms with Crippen LogP contribution < -0.4 is 10.1 Å². The van der Waals surface area contributed by atoms with Gasteiger partial charge < -0.3 is 20.1 Å². The molecule has 0 aliphatic rings. The van der Waals surface area contributed by atoms with Gasteiger partial charge in [-0.25, -0.2) is 13.6 Å². The molecule has 19 heavy (non-hydrogen) atoms. The fourth-order valence-corrected chi connectivity index (χ4v) is 1.44. The highest BCUT2D eigenvalue weighted by molar-refractivity contribution is 5.89. The molecule has 0 aliphatic carbocycles. The molecule has 7 heteroatoms. The number of carbonyl (C=O) groups excluding carboxylic acids is 1. The van der Waals surface area contributed by atoms with Crippen LogP contribution in [0.2, 0.25) is 0 Å². The van der Waals surface area contributed by atoms with Crippen molar-refractivity contribution in [2.75, 3.05) is 32.1 Å². The summed E-state index contributed by atoms with van der Waals surface area (Å²) in [6.45, 7) is -1.24. The van der Waals surface area contributed by atoms with Crippen LogP contribution in [0.1, 0.15) is 0 Å². The largest absolute Gasteiger partial charge is 0.497 e. The van der Waals surface area contributed by atoms with Gasteiger partial charge in [-0.05, 0) is 24.3 Å². The second-order valence-corrected chi connectivity index (χ2v) is 3.72. The van der Waals surface area contributed by atoms with Crippen LogP contribution in [-0.2, 0) is 0 Å². The highest BCUT2D eigenvalue weighted by Crippen LogP contribution is 2.15. The second-order valence-electron chi connectivity index (χ2n) is 3.72. The summed E-state index contributed by atoms with van der Waals surface area (Å²) in [5.74, 6) is 0.623. The monoisotopic (exact) mass is 274 g/mol. The predicted molar refractivity (Wildman–Crippen MR) is 66.7 cm³/mol. The van der Waals surface area contributed by atoms with Crippen molar-refractivity contribution in [1.29, 1.82) is 0 Å². The molecule has 0 radical (unpaired) electrons. The normalized spacial score (nSPS) is 10.4. The van der Waals surface area contributed by atoms with Crippen molar-refractivity contribution in [3.63, 3.8) is 0 Å². The Balaban J connectivity index is 2.63. The van der Waals surface area contributed by atoms with Gasteiger partial charge in [-0.15, -0.1) is 0 Å². The first-order chi connectivity index (χ1) is 9.06. The van der Waals surface area contributed by atoms with E-state index in [-0.39, 0.29) is 13.2 Å². The highest BCUT2D eigenvalue weighted by atomic mass is 19.3. The van der Waals surface area contributed by atoms with Crippen molar-refractivity contribution >= 4 is 11.7 Å². The first-order valence-corrected chi connectivity index (χ1v) is 5.65. The molecular weight excluding hydrogens is 258 g/mol. The second kappa shape index (κ2) is 7.52. The lowest BCUT2D eigenvalue weighted by molar-refractivity contribution is 0.0943. The zero-order chi connectivity index (χ0) is 14.3. The van der Waals surface area contributed by atoms with Crippen molar-refractivity contribution in [1.82, 2.24) is 4.90 Å². The van der Waals surface area contributed by atoms with Gasteiger partial charge in [0.15, 0.2) is 0 Å². The Bertz CT molecular complexity index is 398. The maximum atomic E-state index is 12.3. The summed E-state index contributed by atoms with van der Waals surface area (Å²) < 4.78 is 29.5. The summed E-state index contributed by atoms with van der Waals surface area (Å²) in [5.41, 5.74) is 0.461. The zero-order valence-corrected chi connectivity index (χ0v) is 10.5. The summed E-state index contributed by atoms with van der Waals surface area (Å²) in [5, 5.41) is 11.2. The van der Waals surface area contributed by atoms with Crippen LogP contribution in [0.25, 0.3) is 0 Å². The third-order valence-electron chi connectivity index (χ3n) is 2.36. The quantitative estimate of drug-likeness (QED) is 0.831. The Morgan fingerprint density at radius 1 is 1.42 bits per heavy atom. The van der Waals surface area contributed by atoms with Crippen molar-refractivity contribution in [3.05, 3.63) is 24.3 Å². The van der Waals surface area contributed by atoms with E-state index in [1.54, 1.807) is 24.3 Å². The fourth-order valence-electron chi connectivity index (χ4n) is 1.44. The van der Waals surface area contributed by atoms with Gasteiger partial charge in [0.25, 0.3) is 6.43 Å². The highest BCUT2D eigenvalue weighted by Gasteiger charge is 2.17. The van der Waals surface area contributed by atoms with Crippen LogP contribution in [0.15, 0.2) is 24.3 Å². The van der Waals surface area contributed by atoms with Crippen LogP contribution >= 0.6 is 0 Å². The zero-order valence-electron chi connectivity index (χ0n) is 10.5. The lowest BCUT2D eigenvalue weighted by Crippen LogP contribution is -2.40. The minimum absolute atomic E-state index is 0.146. The molecule has 2 amide bonds. The fraction of sp³-hybridized carbons (Fsp3) is 0.417. The van der Waals surface area contributed by atoms with E-state index in [1.165, 1.54) is 7.11 Å². The van der Waals surface area contributed by atoms with Crippen molar-refractivity contribution in [3.8, 4) is 5.75 Å². The maximum absolute atomic E-state index is 12.3. The summed E-state index contributed by atoms with van der Waals surface area (Å²) in [6.07, 6.45) is -2.65. The van der Waals surface area contributed by atoms with Gasteiger partial charge in [-0.2, -0.15) is 0 Å². The van der Waals surface area contributed by atoms with E-state index < -0.39 is 19.0 Å². The molecule has 0 bridgehead atoms. The van der Waals surface area contributed by atoms with Gasteiger partial charge in [0.2, 0.25) is 0 Å². The number of rotatable bonds is 6. The molecule has 0 fully saturated rings. The van der Waals surface area contributed by atoms with Crippen LogP contribution in [0, 0.1) is 0 Å². The number of benzene rings is 1. The van der Waals surface area contributed by atoms with Crippen LogP contribution in [0.4, 0.5) is 19.3 Å². The van der Waals surface area contributed by atoms with Crippen molar-refractivity contribution in [2.24, 2.45) is 0 Å². The number of aliphatic hydroxyl groups is 1. The lowest BCUT2D eigenvalue weighted by Gasteiger charge is -2.21. The average Bonchev–Trinajstić information content (AvgIpc) is 2.38. The maximum Gasteiger partial charge on any atom is 0.322 e. The minimum Gasteiger partial charge on any atom is -0.497 e. The van der Waals surface area contributed by atoms with Gasteiger partial charge in [0, 0.05) is 12.2 Å². The predicted octanol–water partition coefficient (Wildman–Crippen LogP) is 1.79. The van der Waals surface area contributed by atoms with E-state index in [0.717, 1.165) is 4.90 Å². The van der Waals surface area contributed by atoms with Gasteiger partial charge >= 0.3 is 6.03 Å². The summed E-state index contributed by atoms with van der Waals surface area (Å²) in [6, 6.07) is 5.78. The lowest BCUT2D eigenvalue weighted by atomic mass is 10.3.